The van der Waals surface area contributed by atoms with Crippen molar-refractivity contribution in [1.82, 2.24) is 9.55 Å². The van der Waals surface area contributed by atoms with Crippen molar-refractivity contribution in [2.45, 2.75) is 50.4 Å². The lowest BCUT2D eigenvalue weighted by molar-refractivity contribution is -0.0907. The highest BCUT2D eigenvalue weighted by atomic mass is 16.5. The molecule has 0 fully saturated rings. The third-order valence-electron chi connectivity index (χ3n) is 8.37. The van der Waals surface area contributed by atoms with E-state index in [2.05, 4.69) is 6.07 Å². The van der Waals surface area contributed by atoms with Crippen LogP contribution in [0, 0.1) is 13.8 Å². The molecule has 0 amide bonds. The minimum Gasteiger partial charge on any atom is -0.497 e. The van der Waals surface area contributed by atoms with Gasteiger partial charge in [-0.25, -0.2) is 4.98 Å². The van der Waals surface area contributed by atoms with Crippen molar-refractivity contribution in [3.63, 3.8) is 0 Å². The average molecular weight is 493 g/mol. The van der Waals surface area contributed by atoms with Crippen LogP contribution in [0.5, 0.6) is 11.5 Å². The van der Waals surface area contributed by atoms with E-state index in [1.165, 1.54) is 0 Å². The van der Waals surface area contributed by atoms with Gasteiger partial charge >= 0.3 is 0 Å². The summed E-state index contributed by atoms with van der Waals surface area (Å²) in [5.41, 5.74) is 2.16. The Morgan fingerprint density at radius 1 is 1.08 bits per heavy atom. The van der Waals surface area contributed by atoms with E-state index in [0.717, 1.165) is 34.5 Å². The summed E-state index contributed by atoms with van der Waals surface area (Å²) in [6.07, 6.45) is 1.58. The smallest absolute Gasteiger partial charge is 0.257 e. The minimum absolute atomic E-state index is 0.0861. The van der Waals surface area contributed by atoms with Crippen LogP contribution >= 0.6 is 0 Å². The SMILES string of the molecule is COc1ccc([C@@]23Oc4cc(C)cc(C)c4[C@]2(O)c2nc4n(c(=O)c2[C@H]3c2ccccc2)CCC4)cc1. The minimum atomic E-state index is -1.66. The van der Waals surface area contributed by atoms with Crippen molar-refractivity contribution in [3.05, 3.63) is 122 Å². The molecule has 3 aliphatic rings. The van der Waals surface area contributed by atoms with Crippen LogP contribution in [0.2, 0.25) is 0 Å². The van der Waals surface area contributed by atoms with Gasteiger partial charge in [0.25, 0.3) is 5.56 Å². The van der Waals surface area contributed by atoms with E-state index < -0.39 is 17.1 Å². The Labute approximate surface area is 215 Å². The fraction of sp³-hybridized carbons (Fsp3) is 0.290. The van der Waals surface area contributed by atoms with Gasteiger partial charge in [-0.05, 0) is 55.2 Å². The molecule has 3 aromatic carbocycles. The molecule has 0 saturated carbocycles. The van der Waals surface area contributed by atoms with Gasteiger partial charge in [-0.15, -0.1) is 0 Å². The number of methoxy groups -OCH3 is 1. The lowest BCUT2D eigenvalue weighted by atomic mass is 9.69. The zero-order valence-corrected chi connectivity index (χ0v) is 21.1. The highest BCUT2D eigenvalue weighted by Crippen LogP contribution is 2.68. The molecular formula is C31H28N2O4. The second-order valence-electron chi connectivity index (χ2n) is 10.4. The van der Waals surface area contributed by atoms with E-state index in [9.17, 15) is 9.90 Å². The molecule has 1 aliphatic carbocycles. The molecule has 7 rings (SSSR count). The Morgan fingerprint density at radius 3 is 2.57 bits per heavy atom. The lowest BCUT2D eigenvalue weighted by Gasteiger charge is -2.40. The van der Waals surface area contributed by atoms with Crippen LogP contribution in [0.3, 0.4) is 0 Å². The molecular weight excluding hydrogens is 464 g/mol. The van der Waals surface area contributed by atoms with E-state index in [1.54, 1.807) is 11.7 Å². The van der Waals surface area contributed by atoms with E-state index in [0.29, 0.717) is 41.3 Å². The molecule has 1 N–H and O–H groups in total. The lowest BCUT2D eigenvalue weighted by Crippen LogP contribution is -2.49. The third kappa shape index (κ3) is 2.68. The quantitative estimate of drug-likeness (QED) is 0.456. The van der Waals surface area contributed by atoms with E-state index in [4.69, 9.17) is 14.5 Å². The van der Waals surface area contributed by atoms with Crippen molar-refractivity contribution in [1.29, 1.82) is 0 Å². The first-order valence-corrected chi connectivity index (χ1v) is 12.8. The zero-order valence-electron chi connectivity index (χ0n) is 21.1. The fourth-order valence-electron chi connectivity index (χ4n) is 6.96. The molecule has 0 saturated heterocycles. The van der Waals surface area contributed by atoms with Crippen LogP contribution in [0.1, 0.15) is 57.2 Å². The normalized spacial score (nSPS) is 24.7. The molecule has 0 spiro atoms. The second kappa shape index (κ2) is 7.56. The number of nitrogens with zero attached hydrogens (tertiary/aromatic N) is 2. The van der Waals surface area contributed by atoms with Crippen LogP contribution in [0.4, 0.5) is 0 Å². The number of fused-ring (bicyclic) bond motifs is 6. The maximum atomic E-state index is 14.2. The number of ether oxygens (including phenoxy) is 2. The van der Waals surface area contributed by atoms with Gasteiger partial charge in [0.1, 0.15) is 17.3 Å². The van der Waals surface area contributed by atoms with Crippen LogP contribution in [-0.2, 0) is 24.2 Å². The van der Waals surface area contributed by atoms with Gasteiger partial charge in [0.2, 0.25) is 0 Å². The summed E-state index contributed by atoms with van der Waals surface area (Å²) in [4.78, 5) is 19.2. The first-order chi connectivity index (χ1) is 17.9. The standard InChI is InChI=1S/C31H28N2O4/c1-18-16-19(2)26-23(17-18)37-31(21-11-13-22(36-3)14-12-21)27(20-8-5-4-6-9-20)25-28(30(26,31)35)32-24-10-7-15-33(24)29(25)34/h4-6,8-9,11-14,16-17,27,35H,7,10,15H2,1-3H3/t27-,30+,31+/m1/s1. The Kier molecular flexibility index (Phi) is 4.56. The predicted octanol–water partition coefficient (Wildman–Crippen LogP) is 4.48. The van der Waals surface area contributed by atoms with Crippen molar-refractivity contribution >= 4 is 0 Å². The molecule has 37 heavy (non-hydrogen) atoms. The summed E-state index contributed by atoms with van der Waals surface area (Å²) in [7, 11) is 1.63. The molecule has 186 valence electrons. The van der Waals surface area contributed by atoms with Crippen LogP contribution in [-0.4, -0.2) is 21.8 Å². The molecule has 6 nitrogen and oxygen atoms in total. The van der Waals surface area contributed by atoms with Crippen LogP contribution in [0.15, 0.2) is 71.5 Å². The zero-order chi connectivity index (χ0) is 25.5. The van der Waals surface area contributed by atoms with Crippen molar-refractivity contribution in [2.75, 3.05) is 7.11 Å². The first kappa shape index (κ1) is 22.3. The highest BCUT2D eigenvalue weighted by Gasteiger charge is 2.73. The number of hydrogen-bond acceptors (Lipinski definition) is 5. The number of benzene rings is 3. The maximum Gasteiger partial charge on any atom is 0.257 e. The average Bonchev–Trinajstić information content (AvgIpc) is 3.53. The Morgan fingerprint density at radius 2 is 1.84 bits per heavy atom. The molecule has 3 heterocycles. The molecule has 3 atom stereocenters. The summed E-state index contributed by atoms with van der Waals surface area (Å²) >= 11 is 0. The highest BCUT2D eigenvalue weighted by molar-refractivity contribution is 5.66. The van der Waals surface area contributed by atoms with Crippen molar-refractivity contribution in [3.8, 4) is 11.5 Å². The number of rotatable bonds is 3. The van der Waals surface area contributed by atoms with Gasteiger partial charge < -0.3 is 14.6 Å². The van der Waals surface area contributed by atoms with Crippen LogP contribution in [0.25, 0.3) is 0 Å². The summed E-state index contributed by atoms with van der Waals surface area (Å²) < 4.78 is 14.2. The van der Waals surface area contributed by atoms with Gasteiger partial charge in [0.05, 0.1) is 24.3 Å². The number of aromatic nitrogens is 2. The summed E-state index contributed by atoms with van der Waals surface area (Å²) in [6, 6.07) is 21.5. The van der Waals surface area contributed by atoms with Crippen LogP contribution < -0.4 is 15.0 Å². The second-order valence-corrected chi connectivity index (χ2v) is 10.4. The van der Waals surface area contributed by atoms with Gasteiger partial charge in [-0.1, -0.05) is 48.5 Å². The Hall–Kier alpha value is -3.90. The molecule has 4 aromatic rings. The Bertz CT molecular complexity index is 1630. The molecule has 0 radical (unpaired) electrons. The van der Waals surface area contributed by atoms with Crippen molar-refractivity contribution < 1.29 is 14.6 Å². The molecule has 2 aliphatic heterocycles. The largest absolute Gasteiger partial charge is 0.497 e. The topological polar surface area (TPSA) is 73.6 Å². The molecule has 0 unspecified atom stereocenters. The first-order valence-electron chi connectivity index (χ1n) is 12.8. The summed E-state index contributed by atoms with van der Waals surface area (Å²) in [6.45, 7) is 4.65. The number of aryl methyl sites for hydroxylation is 3. The summed E-state index contributed by atoms with van der Waals surface area (Å²) in [5.74, 6) is 1.49. The molecule has 0 bridgehead atoms. The van der Waals surface area contributed by atoms with E-state index in [-0.39, 0.29) is 5.56 Å². The van der Waals surface area contributed by atoms with Gasteiger partial charge in [0, 0.05) is 24.1 Å². The van der Waals surface area contributed by atoms with Gasteiger partial charge in [0.15, 0.2) is 11.2 Å². The van der Waals surface area contributed by atoms with Crippen molar-refractivity contribution in [2.24, 2.45) is 0 Å². The number of hydrogen-bond donors (Lipinski definition) is 1. The Balaban J connectivity index is 1.65. The monoisotopic (exact) mass is 492 g/mol. The molecule has 6 heteroatoms. The van der Waals surface area contributed by atoms with E-state index >= 15 is 0 Å². The maximum absolute atomic E-state index is 14.2. The molecule has 1 aromatic heterocycles. The predicted molar refractivity (Wildman–Crippen MR) is 139 cm³/mol. The summed E-state index contributed by atoms with van der Waals surface area (Å²) in [5, 5.41) is 13.2. The van der Waals surface area contributed by atoms with E-state index in [1.807, 2.05) is 74.5 Å². The van der Waals surface area contributed by atoms with Gasteiger partial charge in [-0.3, -0.25) is 9.36 Å². The van der Waals surface area contributed by atoms with Gasteiger partial charge in [-0.2, -0.15) is 0 Å². The fourth-order valence-corrected chi connectivity index (χ4v) is 6.96. The number of aliphatic hydroxyl groups is 1. The third-order valence-corrected chi connectivity index (χ3v) is 8.37.